The second-order valence-corrected chi connectivity index (χ2v) is 7.02. The van der Waals surface area contributed by atoms with Gasteiger partial charge < -0.3 is 10.8 Å². The molecule has 1 fully saturated rings. The highest BCUT2D eigenvalue weighted by Crippen LogP contribution is 2.33. The monoisotopic (exact) mass is 348 g/mol. The van der Waals surface area contributed by atoms with Crippen molar-refractivity contribution in [3.8, 4) is 11.3 Å². The second-order valence-electron chi connectivity index (χ2n) is 7.02. The van der Waals surface area contributed by atoms with Crippen LogP contribution in [0.3, 0.4) is 0 Å². The summed E-state index contributed by atoms with van der Waals surface area (Å²) in [7, 11) is 0. The number of hydrogen-bond donors (Lipinski definition) is 3. The van der Waals surface area contributed by atoms with E-state index in [2.05, 4.69) is 15.2 Å². The quantitative estimate of drug-likeness (QED) is 0.516. The highest BCUT2D eigenvalue weighted by Gasteiger charge is 2.22. The fourth-order valence-corrected chi connectivity index (χ4v) is 3.88. The predicted molar refractivity (Wildman–Crippen MR) is 101 cm³/mol. The van der Waals surface area contributed by atoms with E-state index in [1.54, 1.807) is 6.20 Å². The zero-order chi connectivity index (χ0) is 17.7. The molecule has 7 nitrogen and oxygen atoms in total. The van der Waals surface area contributed by atoms with Crippen molar-refractivity contribution in [2.24, 2.45) is 0 Å². The van der Waals surface area contributed by atoms with Crippen LogP contribution in [0.5, 0.6) is 0 Å². The smallest absolute Gasteiger partial charge is 0.135 e. The zero-order valence-corrected chi connectivity index (χ0v) is 14.3. The number of rotatable bonds is 2. The average molecular weight is 348 g/mol. The van der Waals surface area contributed by atoms with Crippen molar-refractivity contribution >= 4 is 27.6 Å². The normalized spacial score (nSPS) is 20.8. The Bertz CT molecular complexity index is 1080. The van der Waals surface area contributed by atoms with Crippen molar-refractivity contribution in [1.29, 1.82) is 0 Å². The van der Waals surface area contributed by atoms with Crippen LogP contribution in [-0.2, 0) is 0 Å². The molecule has 26 heavy (non-hydrogen) atoms. The van der Waals surface area contributed by atoms with E-state index in [0.29, 0.717) is 11.9 Å². The number of nitrogen functional groups attached to an aromatic ring is 1. The van der Waals surface area contributed by atoms with Gasteiger partial charge in [-0.2, -0.15) is 10.2 Å². The van der Waals surface area contributed by atoms with E-state index in [-0.39, 0.29) is 6.10 Å². The zero-order valence-electron chi connectivity index (χ0n) is 14.3. The van der Waals surface area contributed by atoms with Crippen LogP contribution in [0.15, 0.2) is 36.7 Å². The summed E-state index contributed by atoms with van der Waals surface area (Å²) < 4.78 is 2.01. The number of aromatic nitrogens is 5. The molecule has 1 aliphatic rings. The molecule has 0 amide bonds. The molecule has 0 bridgehead atoms. The van der Waals surface area contributed by atoms with E-state index in [4.69, 9.17) is 10.8 Å². The number of hydrogen-bond acceptors (Lipinski definition) is 5. The minimum Gasteiger partial charge on any atom is -0.393 e. The summed E-state index contributed by atoms with van der Waals surface area (Å²) in [5.74, 6) is 0.494. The number of pyridine rings is 1. The van der Waals surface area contributed by atoms with Crippen LogP contribution >= 0.6 is 0 Å². The Morgan fingerprint density at radius 2 is 1.96 bits per heavy atom. The van der Waals surface area contributed by atoms with Gasteiger partial charge in [0.1, 0.15) is 11.3 Å². The molecule has 4 aromatic rings. The summed E-state index contributed by atoms with van der Waals surface area (Å²) in [6.07, 6.45) is 7.14. The molecular formula is C19H20N6O. The van der Waals surface area contributed by atoms with Crippen LogP contribution in [0.2, 0.25) is 0 Å². The van der Waals surface area contributed by atoms with E-state index in [1.165, 1.54) is 0 Å². The molecule has 3 heterocycles. The first kappa shape index (κ1) is 15.3. The third kappa shape index (κ3) is 2.43. The van der Waals surface area contributed by atoms with Gasteiger partial charge in [-0.15, -0.1) is 0 Å². The van der Waals surface area contributed by atoms with Crippen molar-refractivity contribution in [3.05, 3.63) is 36.7 Å². The highest BCUT2D eigenvalue weighted by atomic mass is 16.3. The molecule has 4 N–H and O–H groups in total. The number of aromatic amines is 1. The SMILES string of the molecule is Nc1nc2cc(-c3cc[nH]n3)ccc2c2nn([C@H]3CC[C@@H](O)CC3)cc12. The number of benzene rings is 1. The lowest BCUT2D eigenvalue weighted by Gasteiger charge is -2.25. The van der Waals surface area contributed by atoms with E-state index < -0.39 is 0 Å². The number of nitrogens with two attached hydrogens (primary N) is 1. The molecule has 0 atom stereocenters. The molecule has 0 aliphatic heterocycles. The Hall–Kier alpha value is -2.93. The summed E-state index contributed by atoms with van der Waals surface area (Å²) in [6.45, 7) is 0. The molecule has 132 valence electrons. The largest absolute Gasteiger partial charge is 0.393 e. The number of anilines is 1. The topological polar surface area (TPSA) is 106 Å². The molecular weight excluding hydrogens is 328 g/mol. The van der Waals surface area contributed by atoms with Gasteiger partial charge in [-0.3, -0.25) is 9.78 Å². The van der Waals surface area contributed by atoms with Gasteiger partial charge in [-0.25, -0.2) is 4.98 Å². The average Bonchev–Trinajstić information content (AvgIpc) is 3.32. The van der Waals surface area contributed by atoms with E-state index in [9.17, 15) is 5.11 Å². The van der Waals surface area contributed by atoms with Crippen LogP contribution in [0.25, 0.3) is 33.1 Å². The third-order valence-corrected chi connectivity index (χ3v) is 5.34. The van der Waals surface area contributed by atoms with Gasteiger partial charge in [-0.1, -0.05) is 6.07 Å². The second kappa shape index (κ2) is 5.81. The molecule has 7 heteroatoms. The van der Waals surface area contributed by atoms with Crippen molar-refractivity contribution in [2.45, 2.75) is 37.8 Å². The van der Waals surface area contributed by atoms with Gasteiger partial charge in [0.05, 0.1) is 28.7 Å². The van der Waals surface area contributed by atoms with Crippen LogP contribution < -0.4 is 5.73 Å². The van der Waals surface area contributed by atoms with Gasteiger partial charge in [0.15, 0.2) is 0 Å². The highest BCUT2D eigenvalue weighted by molar-refractivity contribution is 6.08. The van der Waals surface area contributed by atoms with Crippen LogP contribution in [0, 0.1) is 0 Å². The molecule has 1 aromatic carbocycles. The molecule has 0 unspecified atom stereocenters. The summed E-state index contributed by atoms with van der Waals surface area (Å²) in [5, 5.41) is 23.5. The van der Waals surface area contributed by atoms with Gasteiger partial charge in [-0.05, 0) is 43.9 Å². The molecule has 3 aromatic heterocycles. The molecule has 0 spiro atoms. The fraction of sp³-hybridized carbons (Fsp3) is 0.316. The molecule has 5 rings (SSSR count). The number of aliphatic hydroxyl groups excluding tert-OH is 1. The maximum Gasteiger partial charge on any atom is 0.135 e. The number of nitrogens with one attached hydrogen (secondary N) is 1. The minimum absolute atomic E-state index is 0.177. The van der Waals surface area contributed by atoms with Gasteiger partial charge >= 0.3 is 0 Å². The molecule has 1 saturated carbocycles. The number of aliphatic hydroxyl groups is 1. The molecule has 0 radical (unpaired) electrons. The number of nitrogens with zero attached hydrogens (tertiary/aromatic N) is 4. The minimum atomic E-state index is -0.177. The Balaban J connectivity index is 1.62. The Morgan fingerprint density at radius 3 is 2.73 bits per heavy atom. The maximum absolute atomic E-state index is 9.74. The molecule has 0 saturated heterocycles. The van der Waals surface area contributed by atoms with E-state index >= 15 is 0 Å². The number of H-pyrrole nitrogens is 1. The van der Waals surface area contributed by atoms with Crippen LogP contribution in [-0.4, -0.2) is 36.2 Å². The first-order valence-corrected chi connectivity index (χ1v) is 8.95. The summed E-state index contributed by atoms with van der Waals surface area (Å²) >= 11 is 0. The Morgan fingerprint density at radius 1 is 1.12 bits per heavy atom. The van der Waals surface area contributed by atoms with Crippen molar-refractivity contribution in [2.75, 3.05) is 5.73 Å². The Labute approximate surface area is 149 Å². The summed E-state index contributed by atoms with van der Waals surface area (Å²) in [4.78, 5) is 4.59. The lowest BCUT2D eigenvalue weighted by Crippen LogP contribution is -2.21. The van der Waals surface area contributed by atoms with Crippen molar-refractivity contribution < 1.29 is 5.11 Å². The fourth-order valence-electron chi connectivity index (χ4n) is 3.88. The lowest BCUT2D eigenvalue weighted by molar-refractivity contribution is 0.108. The van der Waals surface area contributed by atoms with Crippen molar-refractivity contribution in [1.82, 2.24) is 25.0 Å². The van der Waals surface area contributed by atoms with Crippen molar-refractivity contribution in [3.63, 3.8) is 0 Å². The first-order valence-electron chi connectivity index (χ1n) is 8.95. The maximum atomic E-state index is 9.74. The van der Waals surface area contributed by atoms with Crippen LogP contribution in [0.1, 0.15) is 31.7 Å². The predicted octanol–water partition coefficient (Wildman–Crippen LogP) is 3.03. The Kier molecular flexibility index (Phi) is 3.43. The van der Waals surface area contributed by atoms with Gasteiger partial charge in [0, 0.05) is 23.3 Å². The van der Waals surface area contributed by atoms with Gasteiger partial charge in [0.2, 0.25) is 0 Å². The van der Waals surface area contributed by atoms with E-state index in [1.807, 2.05) is 35.1 Å². The summed E-state index contributed by atoms with van der Waals surface area (Å²) in [6, 6.07) is 8.30. The lowest BCUT2D eigenvalue weighted by atomic mass is 9.93. The summed E-state index contributed by atoms with van der Waals surface area (Å²) in [5.41, 5.74) is 9.80. The first-order chi connectivity index (χ1) is 12.7. The van der Waals surface area contributed by atoms with Crippen LogP contribution in [0.4, 0.5) is 5.82 Å². The molecule has 1 aliphatic carbocycles. The third-order valence-electron chi connectivity index (χ3n) is 5.34. The standard InChI is InChI=1S/C19H20N6O/c20-19-15-10-25(12-2-4-13(26)5-3-12)24-18(15)14-6-1-11(9-17(14)22-19)16-7-8-21-23-16/h1,6-10,12-13,26H,2-5H2,(H2,20,22)(H,21,23)/t12-,13+. The van der Waals surface area contributed by atoms with E-state index in [0.717, 1.165) is 58.7 Å². The number of fused-ring (bicyclic) bond motifs is 3. The van der Waals surface area contributed by atoms with Gasteiger partial charge in [0.25, 0.3) is 0 Å².